The average Bonchev–Trinajstić information content (AvgIpc) is 2.32. The molecule has 0 spiro atoms. The molecule has 1 atom stereocenters. The number of rotatable bonds is 6. The van der Waals surface area contributed by atoms with E-state index < -0.39 is 5.97 Å². The van der Waals surface area contributed by atoms with Gasteiger partial charge >= 0.3 is 5.97 Å². The summed E-state index contributed by atoms with van der Waals surface area (Å²) in [7, 11) is 0. The van der Waals surface area contributed by atoms with Crippen molar-refractivity contribution in [3.8, 4) is 11.5 Å². The predicted molar refractivity (Wildman–Crippen MR) is 78.4 cm³/mol. The van der Waals surface area contributed by atoms with Gasteiger partial charge in [0.25, 0.3) is 0 Å². The van der Waals surface area contributed by atoms with Crippen LogP contribution in [-0.4, -0.2) is 22.8 Å². The van der Waals surface area contributed by atoms with Crippen molar-refractivity contribution in [1.29, 1.82) is 0 Å². The van der Waals surface area contributed by atoms with E-state index in [1.54, 1.807) is 6.07 Å². The predicted octanol–water partition coefficient (Wildman–Crippen LogP) is 3.93. The Bertz CT molecular complexity index is 460. The van der Waals surface area contributed by atoms with E-state index in [1.165, 1.54) is 12.1 Å². The second-order valence-corrected chi connectivity index (χ2v) is 6.50. The number of hydrogen-bond donors (Lipinski definition) is 2. The van der Waals surface area contributed by atoms with E-state index in [-0.39, 0.29) is 11.3 Å². The number of aromatic hydroxyl groups is 1. The van der Waals surface area contributed by atoms with Gasteiger partial charge in [-0.3, -0.25) is 0 Å². The highest BCUT2D eigenvalue weighted by Gasteiger charge is 2.14. The average molecular weight is 280 g/mol. The largest absolute Gasteiger partial charge is 0.507 e. The Hall–Kier alpha value is -1.71. The number of phenols is 1. The van der Waals surface area contributed by atoms with Crippen LogP contribution in [0.25, 0.3) is 0 Å². The smallest absolute Gasteiger partial charge is 0.339 e. The Labute approximate surface area is 120 Å². The molecular weight excluding hydrogens is 256 g/mol. The van der Waals surface area contributed by atoms with Crippen LogP contribution in [0.15, 0.2) is 18.2 Å². The van der Waals surface area contributed by atoms with Crippen molar-refractivity contribution in [1.82, 2.24) is 0 Å². The highest BCUT2D eigenvalue weighted by Crippen LogP contribution is 2.26. The molecule has 20 heavy (non-hydrogen) atoms. The van der Waals surface area contributed by atoms with E-state index >= 15 is 0 Å². The molecule has 0 saturated carbocycles. The maximum absolute atomic E-state index is 10.8. The third-order valence-corrected chi connectivity index (χ3v) is 3.12. The van der Waals surface area contributed by atoms with Gasteiger partial charge < -0.3 is 14.9 Å². The summed E-state index contributed by atoms with van der Waals surface area (Å²) in [6, 6.07) is 4.27. The van der Waals surface area contributed by atoms with Crippen LogP contribution in [0, 0.1) is 11.3 Å². The highest BCUT2D eigenvalue weighted by atomic mass is 16.5. The zero-order valence-electron chi connectivity index (χ0n) is 12.6. The molecule has 2 N–H and O–H groups in total. The van der Waals surface area contributed by atoms with Crippen molar-refractivity contribution in [2.75, 3.05) is 6.61 Å². The van der Waals surface area contributed by atoms with Gasteiger partial charge in [-0.15, -0.1) is 0 Å². The molecule has 0 bridgehead atoms. The van der Waals surface area contributed by atoms with Crippen molar-refractivity contribution in [3.63, 3.8) is 0 Å². The third-order valence-electron chi connectivity index (χ3n) is 3.12. The molecule has 0 aliphatic rings. The topological polar surface area (TPSA) is 66.8 Å². The molecule has 0 fully saturated rings. The van der Waals surface area contributed by atoms with Crippen molar-refractivity contribution in [2.24, 2.45) is 11.3 Å². The first kappa shape index (κ1) is 16.3. The van der Waals surface area contributed by atoms with E-state index in [0.717, 1.165) is 12.8 Å². The van der Waals surface area contributed by atoms with Crippen LogP contribution in [0.1, 0.15) is 50.9 Å². The Morgan fingerprint density at radius 1 is 1.35 bits per heavy atom. The molecule has 112 valence electrons. The van der Waals surface area contributed by atoms with Gasteiger partial charge in [0, 0.05) is 6.07 Å². The molecule has 0 amide bonds. The number of hydrogen-bond acceptors (Lipinski definition) is 3. The molecule has 0 radical (unpaired) electrons. The molecule has 1 unspecified atom stereocenters. The lowest BCUT2D eigenvalue weighted by Gasteiger charge is -2.21. The second-order valence-electron chi connectivity index (χ2n) is 6.50. The first-order chi connectivity index (χ1) is 9.19. The Kier molecular flexibility index (Phi) is 5.43. The molecule has 0 aromatic heterocycles. The van der Waals surface area contributed by atoms with E-state index in [0.29, 0.717) is 23.7 Å². The summed E-state index contributed by atoms with van der Waals surface area (Å²) in [5.74, 6) is -0.504. The maximum atomic E-state index is 10.8. The van der Waals surface area contributed by atoms with E-state index in [2.05, 4.69) is 27.7 Å². The monoisotopic (exact) mass is 280 g/mol. The van der Waals surface area contributed by atoms with Gasteiger partial charge in [-0.25, -0.2) is 4.79 Å². The summed E-state index contributed by atoms with van der Waals surface area (Å²) < 4.78 is 5.60. The molecule has 1 rings (SSSR count). The van der Waals surface area contributed by atoms with Crippen molar-refractivity contribution in [3.05, 3.63) is 23.8 Å². The number of benzene rings is 1. The Morgan fingerprint density at radius 2 is 2.00 bits per heavy atom. The first-order valence-corrected chi connectivity index (χ1v) is 6.88. The number of carboxylic acid groups (broad SMARTS) is 1. The standard InChI is InChI=1S/C16H24O4/c1-11(7-8-16(2,3)4)10-20-12-5-6-13(15(18)19)14(17)9-12/h5-6,9,11,17H,7-8,10H2,1-4H3,(H,18,19). The summed E-state index contributed by atoms with van der Waals surface area (Å²) >= 11 is 0. The minimum absolute atomic E-state index is 0.113. The van der Waals surface area contributed by atoms with Gasteiger partial charge in [0.05, 0.1) is 6.61 Å². The van der Waals surface area contributed by atoms with Gasteiger partial charge in [0.1, 0.15) is 17.1 Å². The Balaban J connectivity index is 2.50. The molecule has 1 aromatic rings. The fourth-order valence-corrected chi connectivity index (χ4v) is 1.78. The van der Waals surface area contributed by atoms with E-state index in [1.807, 2.05) is 0 Å². The molecule has 1 aromatic carbocycles. The van der Waals surface area contributed by atoms with Crippen molar-refractivity contribution >= 4 is 5.97 Å². The maximum Gasteiger partial charge on any atom is 0.339 e. The lowest BCUT2D eigenvalue weighted by atomic mass is 9.87. The summed E-state index contributed by atoms with van der Waals surface area (Å²) in [4.78, 5) is 10.8. The number of carbonyl (C=O) groups is 1. The van der Waals surface area contributed by atoms with Crippen molar-refractivity contribution < 1.29 is 19.7 Å². The Morgan fingerprint density at radius 3 is 2.50 bits per heavy atom. The number of ether oxygens (including phenoxy) is 1. The summed E-state index contributed by atoms with van der Waals surface area (Å²) in [5, 5.41) is 18.4. The third kappa shape index (κ3) is 5.51. The second kappa shape index (κ2) is 6.64. The zero-order valence-corrected chi connectivity index (χ0v) is 12.6. The highest BCUT2D eigenvalue weighted by molar-refractivity contribution is 5.90. The summed E-state index contributed by atoms with van der Waals surface area (Å²) in [6.07, 6.45) is 2.20. The van der Waals surface area contributed by atoms with E-state index in [9.17, 15) is 9.90 Å². The van der Waals surface area contributed by atoms with E-state index in [4.69, 9.17) is 9.84 Å². The zero-order chi connectivity index (χ0) is 15.3. The van der Waals surface area contributed by atoms with Gasteiger partial charge in [0.15, 0.2) is 0 Å². The van der Waals surface area contributed by atoms with Gasteiger partial charge in [-0.1, -0.05) is 27.7 Å². The molecule has 0 saturated heterocycles. The molecule has 4 nitrogen and oxygen atoms in total. The van der Waals surface area contributed by atoms with Gasteiger partial charge in [-0.05, 0) is 36.3 Å². The van der Waals surface area contributed by atoms with Crippen LogP contribution in [0.4, 0.5) is 0 Å². The van der Waals surface area contributed by atoms with Crippen LogP contribution >= 0.6 is 0 Å². The molecule has 0 aliphatic carbocycles. The fraction of sp³-hybridized carbons (Fsp3) is 0.562. The molecule has 0 aliphatic heterocycles. The van der Waals surface area contributed by atoms with Crippen LogP contribution in [0.5, 0.6) is 11.5 Å². The minimum Gasteiger partial charge on any atom is -0.507 e. The summed E-state index contributed by atoms with van der Waals surface area (Å²) in [5.41, 5.74) is 0.202. The number of aromatic carboxylic acids is 1. The van der Waals surface area contributed by atoms with Crippen LogP contribution in [-0.2, 0) is 0 Å². The quantitative estimate of drug-likeness (QED) is 0.828. The van der Waals surface area contributed by atoms with Crippen LogP contribution < -0.4 is 4.74 Å². The van der Waals surface area contributed by atoms with Gasteiger partial charge in [-0.2, -0.15) is 0 Å². The molecule has 0 heterocycles. The number of carboxylic acids is 1. The molecule has 4 heteroatoms. The van der Waals surface area contributed by atoms with Crippen LogP contribution in [0.3, 0.4) is 0 Å². The van der Waals surface area contributed by atoms with Crippen molar-refractivity contribution in [2.45, 2.75) is 40.5 Å². The summed E-state index contributed by atoms with van der Waals surface area (Å²) in [6.45, 7) is 9.31. The molecular formula is C16H24O4. The lowest BCUT2D eigenvalue weighted by Crippen LogP contribution is -2.13. The lowest BCUT2D eigenvalue weighted by molar-refractivity contribution is 0.0693. The van der Waals surface area contributed by atoms with Crippen LogP contribution in [0.2, 0.25) is 0 Å². The first-order valence-electron chi connectivity index (χ1n) is 6.88. The fourth-order valence-electron chi connectivity index (χ4n) is 1.78. The van der Waals surface area contributed by atoms with Gasteiger partial charge in [0.2, 0.25) is 0 Å². The normalized spacial score (nSPS) is 13.0. The SMILES string of the molecule is CC(CCC(C)(C)C)COc1ccc(C(=O)O)c(O)c1. The minimum atomic E-state index is -1.15.